The number of piperidine rings is 1. The number of rotatable bonds is 9. The van der Waals surface area contributed by atoms with Gasteiger partial charge in [0.1, 0.15) is 6.04 Å². The van der Waals surface area contributed by atoms with E-state index in [-0.39, 0.29) is 31.3 Å². The molecule has 3 aromatic rings. The number of hydrogen-bond donors (Lipinski definition) is 2. The Morgan fingerprint density at radius 1 is 1.16 bits per heavy atom. The molecule has 0 unspecified atom stereocenters. The van der Waals surface area contributed by atoms with Gasteiger partial charge in [-0.15, -0.1) is 10.2 Å². The fourth-order valence-electron chi connectivity index (χ4n) is 4.31. The highest BCUT2D eigenvalue weighted by Gasteiger charge is 2.32. The Morgan fingerprint density at radius 3 is 2.57 bits per heavy atom. The van der Waals surface area contributed by atoms with Gasteiger partial charge in [0.2, 0.25) is 11.8 Å². The lowest BCUT2D eigenvalue weighted by Crippen LogP contribution is -2.51. The Morgan fingerprint density at radius 2 is 1.89 bits per heavy atom. The van der Waals surface area contributed by atoms with Crippen LogP contribution >= 0.6 is 0 Å². The molecule has 0 spiro atoms. The average Bonchev–Trinajstić information content (AvgIpc) is 3.25. The van der Waals surface area contributed by atoms with Crippen LogP contribution in [0.5, 0.6) is 0 Å². The minimum absolute atomic E-state index is 0. The topological polar surface area (TPSA) is 115 Å². The molecule has 1 saturated heterocycles. The summed E-state index contributed by atoms with van der Waals surface area (Å²) in [6.07, 6.45) is 1.47. The van der Waals surface area contributed by atoms with Crippen LogP contribution in [-0.2, 0) is 27.5 Å². The van der Waals surface area contributed by atoms with Crippen molar-refractivity contribution in [1.82, 2.24) is 24.8 Å². The van der Waals surface area contributed by atoms with Gasteiger partial charge in [-0.1, -0.05) is 57.7 Å². The number of nitrogens with two attached hydrogens (primary N) is 1. The molecule has 1 atom stereocenters. The first-order valence-electron chi connectivity index (χ1n) is 12.4. The Labute approximate surface area is 219 Å². The summed E-state index contributed by atoms with van der Waals surface area (Å²) in [7, 11) is 0. The van der Waals surface area contributed by atoms with E-state index in [1.807, 2.05) is 57.8 Å². The maximum Gasteiger partial charge on any atom is 0.240 e. The molecule has 0 saturated carbocycles. The molecule has 1 aromatic carbocycles. The van der Waals surface area contributed by atoms with Crippen LogP contribution < -0.4 is 11.1 Å². The van der Waals surface area contributed by atoms with E-state index in [1.165, 1.54) is 0 Å². The Kier molecular flexibility index (Phi) is 8.71. The smallest absolute Gasteiger partial charge is 0.240 e. The van der Waals surface area contributed by atoms with Gasteiger partial charge in [0.05, 0.1) is 25.3 Å². The largest absolute Gasteiger partial charge is 0.374 e. The number of benzene rings is 1. The molecule has 2 amide bonds. The lowest BCUT2D eigenvalue weighted by Gasteiger charge is -2.36. The van der Waals surface area contributed by atoms with Crippen LogP contribution in [0.2, 0.25) is 0 Å². The lowest BCUT2D eigenvalue weighted by atomic mass is 9.82. The summed E-state index contributed by atoms with van der Waals surface area (Å²) in [6, 6.07) is 15.0. The van der Waals surface area contributed by atoms with Crippen molar-refractivity contribution in [3.05, 3.63) is 65.6 Å². The summed E-state index contributed by atoms with van der Waals surface area (Å²) < 4.78 is 7.91. The van der Waals surface area contributed by atoms with E-state index in [0.717, 1.165) is 17.7 Å². The molecule has 1 fully saturated rings. The van der Waals surface area contributed by atoms with Crippen LogP contribution in [-0.4, -0.2) is 50.0 Å². The molecular formula is C28H40N6O3. The number of pyridine rings is 1. The maximum atomic E-state index is 12.8. The SMILES string of the molecule is C.CC1(C)CCN(Cc2cccc3nnc([C@@H](COCc4ccccc4)NC(=O)C(C)(C)N)n23)C(=O)C1. The summed E-state index contributed by atoms with van der Waals surface area (Å²) in [5.74, 6) is 0.355. The molecule has 4 rings (SSSR count). The molecule has 1 aliphatic heterocycles. The second-order valence-corrected chi connectivity index (χ2v) is 10.9. The zero-order valence-corrected chi connectivity index (χ0v) is 21.5. The average molecular weight is 509 g/mol. The zero-order valence-electron chi connectivity index (χ0n) is 21.5. The van der Waals surface area contributed by atoms with E-state index in [9.17, 15) is 9.59 Å². The van der Waals surface area contributed by atoms with Crippen LogP contribution in [0, 0.1) is 5.41 Å². The van der Waals surface area contributed by atoms with Gasteiger partial charge in [-0.05, 0) is 43.4 Å². The van der Waals surface area contributed by atoms with Gasteiger partial charge in [-0.25, -0.2) is 0 Å². The fourth-order valence-corrected chi connectivity index (χ4v) is 4.31. The molecule has 200 valence electrons. The highest BCUT2D eigenvalue weighted by molar-refractivity contribution is 5.85. The summed E-state index contributed by atoms with van der Waals surface area (Å²) in [6.45, 7) is 9.27. The fraction of sp³-hybridized carbons (Fsp3) is 0.500. The first kappa shape index (κ1) is 28.3. The van der Waals surface area contributed by atoms with Crippen molar-refractivity contribution in [2.75, 3.05) is 13.2 Å². The van der Waals surface area contributed by atoms with Gasteiger partial charge in [-0.2, -0.15) is 0 Å². The Bertz CT molecular complexity index is 1220. The van der Waals surface area contributed by atoms with Crippen molar-refractivity contribution in [2.24, 2.45) is 11.1 Å². The molecule has 0 radical (unpaired) electrons. The van der Waals surface area contributed by atoms with Crippen LogP contribution in [0.4, 0.5) is 0 Å². The number of hydrogen-bond acceptors (Lipinski definition) is 6. The van der Waals surface area contributed by atoms with E-state index in [1.54, 1.807) is 13.8 Å². The van der Waals surface area contributed by atoms with E-state index in [2.05, 4.69) is 29.4 Å². The predicted octanol–water partition coefficient (Wildman–Crippen LogP) is 3.63. The lowest BCUT2D eigenvalue weighted by molar-refractivity contribution is -0.137. The molecule has 0 aliphatic carbocycles. The third-order valence-corrected chi connectivity index (χ3v) is 6.53. The number of ether oxygens (including phenoxy) is 1. The number of nitrogens with zero attached hydrogens (tertiary/aromatic N) is 4. The second-order valence-electron chi connectivity index (χ2n) is 10.9. The number of likely N-dealkylation sites (tertiary alicyclic amines) is 1. The summed E-state index contributed by atoms with van der Waals surface area (Å²) in [5.41, 5.74) is 7.54. The van der Waals surface area contributed by atoms with Crippen molar-refractivity contribution in [3.63, 3.8) is 0 Å². The van der Waals surface area contributed by atoms with Crippen molar-refractivity contribution in [1.29, 1.82) is 0 Å². The quantitative estimate of drug-likeness (QED) is 0.456. The maximum absolute atomic E-state index is 12.8. The first-order chi connectivity index (χ1) is 17.0. The molecule has 2 aromatic heterocycles. The standard InChI is InChI=1S/C27H36N6O3.CH4/c1-26(2)13-14-32(23(34)15-26)16-20-11-8-12-22-30-31-24(33(20)22)21(29-25(35)27(3,4)28)18-36-17-19-9-6-5-7-10-19;/h5-12,21H,13-18,28H2,1-4H3,(H,29,35);1H4/t21-;/m1./s1. The minimum atomic E-state index is -1.08. The number of carbonyl (C=O) groups is 2. The highest BCUT2D eigenvalue weighted by atomic mass is 16.5. The molecular weight excluding hydrogens is 468 g/mol. The molecule has 3 heterocycles. The molecule has 37 heavy (non-hydrogen) atoms. The van der Waals surface area contributed by atoms with Crippen LogP contribution in [0.25, 0.3) is 5.65 Å². The van der Waals surface area contributed by atoms with Gasteiger partial charge < -0.3 is 20.7 Å². The Hall–Kier alpha value is -3.30. The summed E-state index contributed by atoms with van der Waals surface area (Å²) in [5, 5.41) is 11.8. The third kappa shape index (κ3) is 6.93. The molecule has 0 bridgehead atoms. The molecule has 1 aliphatic rings. The number of amides is 2. The number of aromatic nitrogens is 3. The summed E-state index contributed by atoms with van der Waals surface area (Å²) in [4.78, 5) is 27.6. The molecule has 9 heteroatoms. The van der Waals surface area contributed by atoms with Crippen molar-refractivity contribution in [3.8, 4) is 0 Å². The van der Waals surface area contributed by atoms with E-state index in [4.69, 9.17) is 10.5 Å². The number of nitrogens with one attached hydrogen (secondary N) is 1. The van der Waals surface area contributed by atoms with Crippen molar-refractivity contribution < 1.29 is 14.3 Å². The second kappa shape index (κ2) is 11.4. The Balaban J connectivity index is 0.00000380. The van der Waals surface area contributed by atoms with Crippen LogP contribution in [0.15, 0.2) is 48.5 Å². The monoisotopic (exact) mass is 508 g/mol. The van der Waals surface area contributed by atoms with Crippen molar-refractivity contribution in [2.45, 2.75) is 72.7 Å². The number of fused-ring (bicyclic) bond motifs is 1. The van der Waals surface area contributed by atoms with Gasteiger partial charge in [-0.3, -0.25) is 14.0 Å². The van der Waals surface area contributed by atoms with Crippen LogP contribution in [0.3, 0.4) is 0 Å². The van der Waals surface area contributed by atoms with E-state index < -0.39 is 11.6 Å². The van der Waals surface area contributed by atoms with Gasteiger partial charge in [0.25, 0.3) is 0 Å². The highest BCUT2D eigenvalue weighted by Crippen LogP contribution is 2.31. The predicted molar refractivity (Wildman–Crippen MR) is 143 cm³/mol. The van der Waals surface area contributed by atoms with Gasteiger partial charge >= 0.3 is 0 Å². The third-order valence-electron chi connectivity index (χ3n) is 6.53. The number of carbonyl (C=O) groups excluding carboxylic acids is 2. The van der Waals surface area contributed by atoms with E-state index >= 15 is 0 Å². The summed E-state index contributed by atoms with van der Waals surface area (Å²) >= 11 is 0. The van der Waals surface area contributed by atoms with Gasteiger partial charge in [0.15, 0.2) is 11.5 Å². The normalized spacial score (nSPS) is 16.4. The van der Waals surface area contributed by atoms with Gasteiger partial charge in [0, 0.05) is 18.7 Å². The molecule has 3 N–H and O–H groups in total. The molecule has 9 nitrogen and oxygen atoms in total. The minimum Gasteiger partial charge on any atom is -0.374 e. The van der Waals surface area contributed by atoms with Crippen LogP contribution in [0.1, 0.15) is 71.1 Å². The van der Waals surface area contributed by atoms with E-state index in [0.29, 0.717) is 37.6 Å². The van der Waals surface area contributed by atoms with Crippen molar-refractivity contribution >= 4 is 17.5 Å². The first-order valence-corrected chi connectivity index (χ1v) is 12.4. The zero-order chi connectivity index (χ0) is 25.9.